The highest BCUT2D eigenvalue weighted by Crippen LogP contribution is 2.06. The largest absolute Gasteiger partial charge is 0.550 e. The lowest BCUT2D eigenvalue weighted by Crippen LogP contribution is -2.45. The lowest BCUT2D eigenvalue weighted by atomic mass is 10.2. The average Bonchev–Trinajstić information content (AvgIpc) is 1.95. The molecule has 0 aliphatic carbocycles. The van der Waals surface area contributed by atoms with Gasteiger partial charge in [0, 0.05) is 12.4 Å². The number of hydrogen-bond acceptors (Lipinski definition) is 5. The number of carbonyl (C=O) groups excluding carboxylic acids is 3. The molecule has 0 saturated heterocycles. The first kappa shape index (κ1) is 15.6. The molecule has 0 spiro atoms. The number of carbonyl (C=O) groups is 3. The predicted molar refractivity (Wildman–Crippen MR) is 57.7 cm³/mol. The Morgan fingerprint density at radius 2 is 1.76 bits per heavy atom. The molecule has 0 N–H and O–H groups in total. The zero-order valence-electron chi connectivity index (χ0n) is 10.7. The number of esters is 1. The minimum atomic E-state index is -1.28. The molecule has 0 radical (unpaired) electrons. The van der Waals surface area contributed by atoms with Gasteiger partial charge in [0.1, 0.15) is 18.7 Å². The van der Waals surface area contributed by atoms with Crippen LogP contribution in [0.1, 0.15) is 19.8 Å². The van der Waals surface area contributed by atoms with Crippen molar-refractivity contribution in [1.29, 1.82) is 0 Å². The first-order valence-electron chi connectivity index (χ1n) is 5.29. The second-order valence-corrected chi connectivity index (χ2v) is 5.04. The van der Waals surface area contributed by atoms with Gasteiger partial charge in [-0.1, -0.05) is 0 Å². The number of rotatable bonds is 7. The Morgan fingerprint density at radius 1 is 1.24 bits per heavy atom. The second kappa shape index (κ2) is 6.34. The second-order valence-electron chi connectivity index (χ2n) is 5.04. The molecule has 6 heteroatoms. The van der Waals surface area contributed by atoms with Crippen molar-refractivity contribution in [3.63, 3.8) is 0 Å². The Kier molecular flexibility index (Phi) is 5.81. The van der Waals surface area contributed by atoms with Gasteiger partial charge in [0.25, 0.3) is 0 Å². The summed E-state index contributed by atoms with van der Waals surface area (Å²) in [4.78, 5) is 32.5. The lowest BCUT2D eigenvalue weighted by molar-refractivity contribution is -0.873. The van der Waals surface area contributed by atoms with E-state index in [0.29, 0.717) is 11.0 Å². The summed E-state index contributed by atoms with van der Waals surface area (Å²) in [7, 11) is 5.54. The van der Waals surface area contributed by atoms with Crippen LogP contribution in [0.25, 0.3) is 0 Å². The molecule has 17 heavy (non-hydrogen) atoms. The highest BCUT2D eigenvalue weighted by Gasteiger charge is 2.22. The van der Waals surface area contributed by atoms with Crippen molar-refractivity contribution in [2.75, 3.05) is 27.7 Å². The third-order valence-electron chi connectivity index (χ3n) is 1.84. The molecule has 0 aromatic rings. The molecule has 0 aliphatic heterocycles. The average molecular weight is 245 g/mol. The number of ether oxygens (including phenoxy) is 1. The highest BCUT2D eigenvalue weighted by atomic mass is 16.5. The molecule has 0 heterocycles. The Balaban J connectivity index is 4.43. The van der Waals surface area contributed by atoms with Crippen LogP contribution in [-0.4, -0.2) is 56.0 Å². The number of hydrogen-bond donors (Lipinski definition) is 0. The lowest BCUT2D eigenvalue weighted by Gasteiger charge is -2.29. The molecule has 1 atom stereocenters. The van der Waals surface area contributed by atoms with Crippen LogP contribution in [0.5, 0.6) is 0 Å². The van der Waals surface area contributed by atoms with E-state index in [4.69, 9.17) is 4.74 Å². The summed E-state index contributed by atoms with van der Waals surface area (Å²) in [5, 5.41) is 10.5. The Morgan fingerprint density at radius 3 is 2.12 bits per heavy atom. The smallest absolute Gasteiger partial charge is 0.313 e. The highest BCUT2D eigenvalue weighted by molar-refractivity contribution is 5.94. The SMILES string of the molecule is CC(=O)CC(=O)O[C@H](CC(=O)[O-])C[N+](C)(C)C. The molecule has 0 bridgehead atoms. The van der Waals surface area contributed by atoms with Crippen LogP contribution in [0, 0.1) is 0 Å². The molecular weight excluding hydrogens is 226 g/mol. The molecule has 6 nitrogen and oxygen atoms in total. The molecule has 0 saturated carbocycles. The molecule has 98 valence electrons. The van der Waals surface area contributed by atoms with Gasteiger partial charge in [-0.05, 0) is 6.92 Å². The summed E-state index contributed by atoms with van der Waals surface area (Å²) in [5.74, 6) is -2.29. The van der Waals surface area contributed by atoms with Crippen LogP contribution in [0.4, 0.5) is 0 Å². The van der Waals surface area contributed by atoms with Gasteiger partial charge in [0.05, 0.1) is 21.1 Å². The molecule has 0 amide bonds. The van der Waals surface area contributed by atoms with E-state index in [9.17, 15) is 19.5 Å². The third-order valence-corrected chi connectivity index (χ3v) is 1.84. The van der Waals surface area contributed by atoms with E-state index >= 15 is 0 Å². The number of ketones is 1. The van der Waals surface area contributed by atoms with Gasteiger partial charge in [0.2, 0.25) is 0 Å². The number of nitrogens with zero attached hydrogens (tertiary/aromatic N) is 1. The van der Waals surface area contributed by atoms with Crippen LogP contribution < -0.4 is 5.11 Å². The summed E-state index contributed by atoms with van der Waals surface area (Å²) < 4.78 is 5.40. The predicted octanol–water partition coefficient (Wildman–Crippen LogP) is -1.28. The quantitative estimate of drug-likeness (QED) is 0.317. The van der Waals surface area contributed by atoms with Gasteiger partial charge in [-0.2, -0.15) is 0 Å². The van der Waals surface area contributed by atoms with Crippen molar-refractivity contribution in [2.24, 2.45) is 0 Å². The standard InChI is InChI=1S/C11H19NO5/c1-8(13)5-11(16)17-9(6-10(14)15)7-12(2,3)4/h9H,5-7H2,1-4H3/t9-/m1/s1. The van der Waals surface area contributed by atoms with Gasteiger partial charge < -0.3 is 19.1 Å². The van der Waals surface area contributed by atoms with Crippen molar-refractivity contribution < 1.29 is 28.7 Å². The van der Waals surface area contributed by atoms with E-state index in [1.54, 1.807) is 0 Å². The topological polar surface area (TPSA) is 83.5 Å². The first-order chi connectivity index (χ1) is 7.60. The van der Waals surface area contributed by atoms with Crippen molar-refractivity contribution in [3.8, 4) is 0 Å². The summed E-state index contributed by atoms with van der Waals surface area (Å²) >= 11 is 0. The van der Waals surface area contributed by atoms with Crippen molar-refractivity contribution >= 4 is 17.7 Å². The van der Waals surface area contributed by atoms with Crippen LogP contribution in [-0.2, 0) is 19.1 Å². The molecule has 0 unspecified atom stereocenters. The van der Waals surface area contributed by atoms with Crippen molar-refractivity contribution in [3.05, 3.63) is 0 Å². The van der Waals surface area contributed by atoms with Gasteiger partial charge in [-0.25, -0.2) is 0 Å². The maximum absolute atomic E-state index is 11.3. The minimum Gasteiger partial charge on any atom is -0.550 e. The minimum absolute atomic E-state index is 0.313. The van der Waals surface area contributed by atoms with Crippen molar-refractivity contribution in [1.82, 2.24) is 0 Å². The fourth-order valence-corrected chi connectivity index (χ4v) is 1.37. The Bertz CT molecular complexity index is 305. The zero-order valence-corrected chi connectivity index (χ0v) is 10.7. The Labute approximate surface area is 101 Å². The normalized spacial score (nSPS) is 12.9. The van der Waals surface area contributed by atoms with E-state index in [2.05, 4.69) is 0 Å². The summed E-state index contributed by atoms with van der Waals surface area (Å²) in [6.45, 7) is 1.62. The zero-order chi connectivity index (χ0) is 13.6. The van der Waals surface area contributed by atoms with Crippen LogP contribution in [0.15, 0.2) is 0 Å². The van der Waals surface area contributed by atoms with Gasteiger partial charge >= 0.3 is 5.97 Å². The summed E-state index contributed by atoms with van der Waals surface area (Å²) in [6.07, 6.45) is -1.47. The molecule has 0 aromatic carbocycles. The number of carboxylic acids is 1. The van der Waals surface area contributed by atoms with Crippen LogP contribution in [0.2, 0.25) is 0 Å². The summed E-state index contributed by atoms with van der Waals surface area (Å²) in [5.41, 5.74) is 0. The van der Waals surface area contributed by atoms with Gasteiger partial charge in [-0.15, -0.1) is 0 Å². The monoisotopic (exact) mass is 245 g/mol. The maximum Gasteiger partial charge on any atom is 0.313 e. The molecular formula is C11H19NO5. The van der Waals surface area contributed by atoms with Gasteiger partial charge in [0.15, 0.2) is 6.10 Å². The van der Waals surface area contributed by atoms with E-state index in [1.165, 1.54) is 6.92 Å². The number of carboxylic acid groups (broad SMARTS) is 1. The first-order valence-corrected chi connectivity index (χ1v) is 5.29. The maximum atomic E-state index is 11.3. The van der Waals surface area contributed by atoms with E-state index in [0.717, 1.165) is 0 Å². The third kappa shape index (κ3) is 9.50. The molecule has 0 aliphatic rings. The van der Waals surface area contributed by atoms with Crippen LogP contribution >= 0.6 is 0 Å². The van der Waals surface area contributed by atoms with E-state index in [-0.39, 0.29) is 18.6 Å². The number of quaternary nitrogens is 1. The number of likely N-dealkylation sites (N-methyl/N-ethyl adjacent to an activating group) is 1. The Hall–Kier alpha value is -1.43. The van der Waals surface area contributed by atoms with E-state index in [1.807, 2.05) is 21.1 Å². The molecule has 0 rings (SSSR count). The number of Topliss-reactive ketones (excluding diaryl/α,β-unsaturated/α-hetero) is 1. The fraction of sp³-hybridized carbons (Fsp3) is 0.727. The van der Waals surface area contributed by atoms with Crippen LogP contribution in [0.3, 0.4) is 0 Å². The van der Waals surface area contributed by atoms with E-state index < -0.39 is 18.0 Å². The number of aliphatic carboxylic acids is 1. The van der Waals surface area contributed by atoms with Crippen molar-refractivity contribution in [2.45, 2.75) is 25.9 Å². The van der Waals surface area contributed by atoms with Gasteiger partial charge in [-0.3, -0.25) is 9.59 Å². The fourth-order valence-electron chi connectivity index (χ4n) is 1.37. The molecule has 0 fully saturated rings. The molecule has 0 aromatic heterocycles. The summed E-state index contributed by atoms with van der Waals surface area (Å²) in [6, 6.07) is 0.